The van der Waals surface area contributed by atoms with Crippen LogP contribution < -0.4 is 9.62 Å². The average molecular weight is 500 g/mol. The minimum atomic E-state index is -3.94. The van der Waals surface area contributed by atoms with Crippen LogP contribution in [0.3, 0.4) is 0 Å². The van der Waals surface area contributed by atoms with Crippen LogP contribution in [0, 0.1) is 11.7 Å². The van der Waals surface area contributed by atoms with E-state index in [1.165, 1.54) is 46.9 Å². The maximum Gasteiger partial charge on any atom is 0.265 e. The largest absolute Gasteiger partial charge is 0.771 e. The molecule has 9 nitrogen and oxygen atoms in total. The Bertz CT molecular complexity index is 1050. The fraction of sp³-hybridized carbons (Fsp3) is 0.476. The third-order valence-corrected chi connectivity index (χ3v) is 7.61. The average Bonchev–Trinajstić information content (AvgIpc) is 2.74. The van der Waals surface area contributed by atoms with Gasteiger partial charge in [0.15, 0.2) is 0 Å². The van der Waals surface area contributed by atoms with Crippen molar-refractivity contribution in [1.29, 1.82) is 0 Å². The zero-order valence-electron chi connectivity index (χ0n) is 18.4. The van der Waals surface area contributed by atoms with E-state index in [0.29, 0.717) is 24.5 Å². The third kappa shape index (κ3) is 6.70. The number of aromatic nitrogens is 1. The van der Waals surface area contributed by atoms with E-state index < -0.39 is 33.0 Å². The normalized spacial score (nSPS) is 20.5. The van der Waals surface area contributed by atoms with Gasteiger partial charge in [-0.3, -0.25) is 13.4 Å². The molecule has 1 aromatic carbocycles. The lowest BCUT2D eigenvalue weighted by atomic mass is 10.0. The summed E-state index contributed by atoms with van der Waals surface area (Å²) in [7, 11) is -3.94. The number of hydrogen-bond acceptors (Lipinski definition) is 8. The number of likely N-dealkylation sites (tertiary alicyclic amines) is 1. The lowest BCUT2D eigenvalue weighted by Gasteiger charge is -2.36. The number of halogens is 1. The van der Waals surface area contributed by atoms with Gasteiger partial charge in [0.2, 0.25) is 0 Å². The van der Waals surface area contributed by atoms with Gasteiger partial charge in [-0.1, -0.05) is 13.8 Å². The Morgan fingerprint density at radius 2 is 2.00 bits per heavy atom. The molecular formula is C21H28FN4O5S2-. The van der Waals surface area contributed by atoms with Crippen LogP contribution in [0.25, 0.3) is 0 Å². The number of anilines is 2. The van der Waals surface area contributed by atoms with E-state index >= 15 is 0 Å². The second kappa shape index (κ2) is 10.9. The quantitative estimate of drug-likeness (QED) is 0.500. The van der Waals surface area contributed by atoms with Crippen LogP contribution in [0.4, 0.5) is 15.9 Å². The Hall–Kier alpha value is -2.12. The van der Waals surface area contributed by atoms with Gasteiger partial charge in [0.1, 0.15) is 16.5 Å². The zero-order chi connectivity index (χ0) is 24.2. The number of rotatable bonds is 9. The number of aliphatic hydroxyl groups excluding tert-OH is 1. The molecular weight excluding hydrogens is 471 g/mol. The van der Waals surface area contributed by atoms with Crippen LogP contribution in [-0.4, -0.2) is 69.8 Å². The van der Waals surface area contributed by atoms with Crippen LogP contribution in [0.2, 0.25) is 0 Å². The van der Waals surface area contributed by atoms with Crippen molar-refractivity contribution in [2.75, 3.05) is 35.1 Å². The number of piperidine rings is 1. The summed E-state index contributed by atoms with van der Waals surface area (Å²) in [5.74, 6) is -0.150. The van der Waals surface area contributed by atoms with Crippen LogP contribution in [0.15, 0.2) is 47.5 Å². The highest BCUT2D eigenvalue weighted by atomic mass is 32.2. The van der Waals surface area contributed by atoms with Gasteiger partial charge in [-0.15, -0.1) is 0 Å². The highest BCUT2D eigenvalue weighted by Gasteiger charge is 2.29. The summed E-state index contributed by atoms with van der Waals surface area (Å²) in [5, 5.41) is 13.4. The molecule has 12 heteroatoms. The Labute approximate surface area is 196 Å². The van der Waals surface area contributed by atoms with Gasteiger partial charge in [-0.25, -0.2) is 17.8 Å². The lowest BCUT2D eigenvalue weighted by molar-refractivity contribution is 0.0686. The molecule has 3 atom stereocenters. The Morgan fingerprint density at radius 1 is 1.30 bits per heavy atom. The van der Waals surface area contributed by atoms with Gasteiger partial charge in [-0.05, 0) is 59.8 Å². The van der Waals surface area contributed by atoms with E-state index in [2.05, 4.69) is 10.3 Å². The summed E-state index contributed by atoms with van der Waals surface area (Å²) < 4.78 is 62.9. The maximum absolute atomic E-state index is 13.3. The molecule has 0 saturated carbocycles. The number of benzene rings is 1. The predicted molar refractivity (Wildman–Crippen MR) is 123 cm³/mol. The van der Waals surface area contributed by atoms with Crippen molar-refractivity contribution in [3.05, 3.63) is 48.4 Å². The molecule has 3 rings (SSSR count). The minimum Gasteiger partial charge on any atom is -0.771 e. The molecule has 2 heterocycles. The molecule has 1 aromatic heterocycles. The van der Waals surface area contributed by atoms with Crippen LogP contribution in [0.5, 0.6) is 0 Å². The highest BCUT2D eigenvalue weighted by Crippen LogP contribution is 2.26. The lowest BCUT2D eigenvalue weighted by Crippen LogP contribution is -2.50. The number of nitrogens with zero attached hydrogens (tertiary/aromatic N) is 3. The third-order valence-electron chi connectivity index (χ3n) is 5.26. The summed E-state index contributed by atoms with van der Waals surface area (Å²) in [5.41, 5.74) is 0.362. The molecule has 2 N–H and O–H groups in total. The molecule has 0 aliphatic carbocycles. The van der Waals surface area contributed by atoms with Gasteiger partial charge in [0.05, 0.1) is 23.7 Å². The first kappa shape index (κ1) is 25.5. The van der Waals surface area contributed by atoms with Crippen molar-refractivity contribution in [2.24, 2.45) is 5.92 Å². The van der Waals surface area contributed by atoms with Gasteiger partial charge in [-0.2, -0.15) is 0 Å². The topological polar surface area (TPSA) is 126 Å². The van der Waals surface area contributed by atoms with Gasteiger partial charge < -0.3 is 15.0 Å². The van der Waals surface area contributed by atoms with E-state index in [-0.39, 0.29) is 35.8 Å². The molecule has 0 spiro atoms. The summed E-state index contributed by atoms with van der Waals surface area (Å²) in [6.45, 7) is 4.70. The van der Waals surface area contributed by atoms with E-state index in [0.717, 1.165) is 0 Å². The molecule has 1 aliphatic rings. The summed E-state index contributed by atoms with van der Waals surface area (Å²) in [6.07, 6.45) is 0.955. The molecule has 182 valence electrons. The molecule has 0 bridgehead atoms. The van der Waals surface area contributed by atoms with E-state index in [4.69, 9.17) is 0 Å². The van der Waals surface area contributed by atoms with Gasteiger partial charge in [0, 0.05) is 25.8 Å². The minimum absolute atomic E-state index is 0.00804. The maximum atomic E-state index is 13.3. The Balaban J connectivity index is 1.73. The number of β-amino-alcohol motifs (C(OH)–C–C–N with tert-alkyl or cyclic N) is 1. The first-order valence-corrected chi connectivity index (χ1v) is 13.2. The number of pyridine rings is 1. The molecule has 2 aromatic rings. The van der Waals surface area contributed by atoms with Crippen molar-refractivity contribution < 1.29 is 26.7 Å². The van der Waals surface area contributed by atoms with Gasteiger partial charge in [0.25, 0.3) is 10.0 Å². The van der Waals surface area contributed by atoms with Crippen LogP contribution in [0.1, 0.15) is 20.3 Å². The Morgan fingerprint density at radius 3 is 2.55 bits per heavy atom. The van der Waals surface area contributed by atoms with Crippen LogP contribution >= 0.6 is 0 Å². The van der Waals surface area contributed by atoms with Crippen molar-refractivity contribution in [3.63, 3.8) is 0 Å². The number of aliphatic hydroxyl groups is 1. The SMILES string of the molecule is CC(C)CN(c1ccc(F)cc1)S(=O)(=O)c1ccc(NC2CCN(CS(=O)[O-])CC2O)nc1. The molecule has 3 unspecified atom stereocenters. The zero-order valence-corrected chi connectivity index (χ0v) is 20.1. The predicted octanol–water partition coefficient (Wildman–Crippen LogP) is 1.76. The number of sulfonamides is 1. The van der Waals surface area contributed by atoms with Gasteiger partial charge >= 0.3 is 0 Å². The summed E-state index contributed by atoms with van der Waals surface area (Å²) in [4.78, 5) is 5.85. The molecule has 0 radical (unpaired) electrons. The molecule has 1 saturated heterocycles. The molecule has 1 fully saturated rings. The standard InChI is InChI=1S/C21H29FN4O5S2/c1-15(2)12-26(17-5-3-16(22)4-6-17)33(30,31)18-7-8-21(23-11-18)24-19-9-10-25(13-20(19)27)14-32(28)29/h3-8,11,15,19-20,27H,9-10,12-14H2,1-2H3,(H,23,24)(H,28,29)/p-1. The fourth-order valence-corrected chi connectivity index (χ4v) is 5.76. The summed E-state index contributed by atoms with van der Waals surface area (Å²) in [6, 6.07) is 7.90. The second-order valence-electron chi connectivity index (χ2n) is 8.40. The number of hydrogen-bond donors (Lipinski definition) is 2. The van der Waals surface area contributed by atoms with Crippen molar-refractivity contribution in [2.45, 2.75) is 37.3 Å². The fourth-order valence-electron chi connectivity index (χ4n) is 3.65. The Kier molecular flexibility index (Phi) is 8.40. The second-order valence-corrected chi connectivity index (χ2v) is 11.1. The molecule has 0 amide bonds. The van der Waals surface area contributed by atoms with Crippen molar-refractivity contribution in [3.8, 4) is 0 Å². The van der Waals surface area contributed by atoms with Crippen molar-refractivity contribution in [1.82, 2.24) is 9.88 Å². The first-order valence-electron chi connectivity index (χ1n) is 10.5. The van der Waals surface area contributed by atoms with Crippen LogP contribution in [-0.2, 0) is 21.1 Å². The first-order chi connectivity index (χ1) is 15.6. The smallest absolute Gasteiger partial charge is 0.265 e. The van der Waals surface area contributed by atoms with E-state index in [1.807, 2.05) is 13.8 Å². The van der Waals surface area contributed by atoms with E-state index in [9.17, 15) is 26.7 Å². The number of nitrogens with one attached hydrogen (secondary N) is 1. The highest BCUT2D eigenvalue weighted by molar-refractivity contribution is 7.92. The monoisotopic (exact) mass is 499 g/mol. The van der Waals surface area contributed by atoms with E-state index in [1.54, 1.807) is 4.90 Å². The molecule has 33 heavy (non-hydrogen) atoms. The molecule has 1 aliphatic heterocycles. The summed E-state index contributed by atoms with van der Waals surface area (Å²) >= 11 is -2.21. The van der Waals surface area contributed by atoms with Crippen molar-refractivity contribution >= 4 is 32.6 Å².